The molecule has 1 heterocycles. The zero-order valence-corrected chi connectivity index (χ0v) is 26.7. The molecule has 1 fully saturated rings. The molecule has 14 nitrogen and oxygen atoms in total. The maximum absolute atomic E-state index is 12.6. The molecule has 2 aromatic rings. The second-order valence-electron chi connectivity index (χ2n) is 11.1. The average Bonchev–Trinajstić information content (AvgIpc) is 3.06. The first-order valence-corrected chi connectivity index (χ1v) is 15.6. The number of nitrogens with one attached hydrogen (secondary N) is 3. The van der Waals surface area contributed by atoms with Crippen LogP contribution in [0.25, 0.3) is 11.1 Å². The van der Waals surface area contributed by atoms with Gasteiger partial charge in [-0.15, -0.1) is 0 Å². The summed E-state index contributed by atoms with van der Waals surface area (Å²) in [6.45, 7) is 4.12. The van der Waals surface area contributed by atoms with Gasteiger partial charge in [0.25, 0.3) is 11.8 Å². The normalized spacial score (nSPS) is 20.7. The van der Waals surface area contributed by atoms with Gasteiger partial charge in [-0.2, -0.15) is 0 Å². The second-order valence-corrected chi connectivity index (χ2v) is 11.1. The first kappa shape index (κ1) is 37.5. The Morgan fingerprint density at radius 3 is 2.26 bits per heavy atom. The molecular weight excluding hydrogens is 614 g/mol. The molecule has 14 heteroatoms. The summed E-state index contributed by atoms with van der Waals surface area (Å²) in [6, 6.07) is 14.2. The van der Waals surface area contributed by atoms with Crippen LogP contribution in [0.15, 0.2) is 48.5 Å². The fourth-order valence-corrected chi connectivity index (χ4v) is 4.59. The van der Waals surface area contributed by atoms with E-state index in [1.54, 1.807) is 37.3 Å². The van der Waals surface area contributed by atoms with E-state index in [1.165, 1.54) is 6.92 Å². The largest absolute Gasteiger partial charge is 0.484 e. The SMILES string of the molecule is CC(=O)CCCC(=O)NCCNC(=O)c1cccc(-c2ccc(OCC(=O)NCCOCCO[C@@H]3O[C@@H](C)[C@H](O)[C@@H](O)[C@H]3O)cc2)c1. The van der Waals surface area contributed by atoms with Crippen molar-refractivity contribution in [2.75, 3.05) is 46.1 Å². The average molecular weight is 660 g/mol. The van der Waals surface area contributed by atoms with Crippen LogP contribution in [-0.2, 0) is 28.6 Å². The van der Waals surface area contributed by atoms with E-state index in [2.05, 4.69) is 16.0 Å². The number of aliphatic hydroxyl groups is 3. The van der Waals surface area contributed by atoms with Crippen LogP contribution in [0.5, 0.6) is 5.75 Å². The maximum Gasteiger partial charge on any atom is 0.258 e. The number of Topliss-reactive ketones (excluding diaryl/α,β-unsaturated/α-hetero) is 1. The minimum Gasteiger partial charge on any atom is -0.484 e. The Labute approximate surface area is 273 Å². The number of benzene rings is 2. The summed E-state index contributed by atoms with van der Waals surface area (Å²) in [7, 11) is 0. The summed E-state index contributed by atoms with van der Waals surface area (Å²) < 4.78 is 21.7. The molecule has 5 atom stereocenters. The molecule has 0 spiro atoms. The summed E-state index contributed by atoms with van der Waals surface area (Å²) in [6.07, 6.45) is -4.57. The van der Waals surface area contributed by atoms with Crippen molar-refractivity contribution in [3.63, 3.8) is 0 Å². The van der Waals surface area contributed by atoms with E-state index in [1.807, 2.05) is 18.2 Å². The smallest absolute Gasteiger partial charge is 0.258 e. The Kier molecular flexibility index (Phi) is 15.7. The fourth-order valence-electron chi connectivity index (χ4n) is 4.59. The minimum atomic E-state index is -1.38. The van der Waals surface area contributed by atoms with Crippen molar-refractivity contribution in [1.82, 2.24) is 16.0 Å². The third kappa shape index (κ3) is 13.0. The lowest BCUT2D eigenvalue weighted by Gasteiger charge is -2.38. The van der Waals surface area contributed by atoms with Crippen LogP contribution in [0.1, 0.15) is 43.5 Å². The lowest BCUT2D eigenvalue weighted by Crippen LogP contribution is -2.57. The van der Waals surface area contributed by atoms with Gasteiger partial charge < -0.3 is 55.0 Å². The Bertz CT molecular complexity index is 1310. The van der Waals surface area contributed by atoms with Crippen molar-refractivity contribution < 1.29 is 53.4 Å². The number of ether oxygens (including phenoxy) is 4. The molecule has 0 aliphatic carbocycles. The van der Waals surface area contributed by atoms with Gasteiger partial charge >= 0.3 is 0 Å². The van der Waals surface area contributed by atoms with Gasteiger partial charge in [-0.25, -0.2) is 0 Å². The molecule has 0 aromatic heterocycles. The second kappa shape index (κ2) is 19.7. The van der Waals surface area contributed by atoms with Crippen molar-refractivity contribution in [3.05, 3.63) is 54.1 Å². The molecule has 1 saturated heterocycles. The molecule has 0 bridgehead atoms. The van der Waals surface area contributed by atoms with Gasteiger partial charge in [-0.1, -0.05) is 24.3 Å². The molecule has 0 unspecified atom stereocenters. The van der Waals surface area contributed by atoms with E-state index in [9.17, 15) is 34.5 Å². The Balaban J connectivity index is 1.29. The number of ketones is 1. The fraction of sp³-hybridized carbons (Fsp3) is 0.515. The molecule has 258 valence electrons. The number of rotatable bonds is 19. The van der Waals surface area contributed by atoms with Crippen molar-refractivity contribution in [2.24, 2.45) is 0 Å². The van der Waals surface area contributed by atoms with E-state index in [4.69, 9.17) is 18.9 Å². The van der Waals surface area contributed by atoms with Crippen LogP contribution in [-0.4, -0.2) is 116 Å². The molecule has 2 aromatic carbocycles. The zero-order chi connectivity index (χ0) is 34.2. The molecule has 0 radical (unpaired) electrons. The summed E-state index contributed by atoms with van der Waals surface area (Å²) in [5.74, 6) is -0.218. The van der Waals surface area contributed by atoms with E-state index in [0.29, 0.717) is 24.2 Å². The lowest BCUT2D eigenvalue weighted by molar-refractivity contribution is -0.294. The summed E-state index contributed by atoms with van der Waals surface area (Å²) in [5.41, 5.74) is 2.14. The van der Waals surface area contributed by atoms with Gasteiger partial charge in [-0.05, 0) is 55.7 Å². The summed E-state index contributed by atoms with van der Waals surface area (Å²) in [5, 5.41) is 37.6. The molecule has 47 heavy (non-hydrogen) atoms. The molecule has 3 amide bonds. The van der Waals surface area contributed by atoms with E-state index in [-0.39, 0.29) is 76.0 Å². The molecule has 0 saturated carbocycles. The highest BCUT2D eigenvalue weighted by atomic mass is 16.7. The molecule has 1 aliphatic heterocycles. The van der Waals surface area contributed by atoms with E-state index < -0.39 is 30.7 Å². The van der Waals surface area contributed by atoms with E-state index in [0.717, 1.165) is 11.1 Å². The van der Waals surface area contributed by atoms with Crippen LogP contribution in [0.3, 0.4) is 0 Å². The monoisotopic (exact) mass is 659 g/mol. The first-order chi connectivity index (χ1) is 22.5. The first-order valence-electron chi connectivity index (χ1n) is 15.6. The van der Waals surface area contributed by atoms with Crippen molar-refractivity contribution in [1.29, 1.82) is 0 Å². The van der Waals surface area contributed by atoms with Gasteiger partial charge in [0.2, 0.25) is 5.91 Å². The van der Waals surface area contributed by atoms with Crippen LogP contribution in [0.4, 0.5) is 0 Å². The van der Waals surface area contributed by atoms with Gasteiger partial charge in [-0.3, -0.25) is 14.4 Å². The topological polar surface area (TPSA) is 202 Å². The lowest BCUT2D eigenvalue weighted by atomic mass is 10.0. The molecule has 6 N–H and O–H groups in total. The van der Waals surface area contributed by atoms with Crippen molar-refractivity contribution in [3.8, 4) is 16.9 Å². The minimum absolute atomic E-state index is 0.0492. The highest BCUT2D eigenvalue weighted by molar-refractivity contribution is 5.95. The predicted octanol–water partition coefficient (Wildman–Crippen LogP) is 0.315. The number of carbonyl (C=O) groups is 4. The van der Waals surface area contributed by atoms with E-state index >= 15 is 0 Å². The van der Waals surface area contributed by atoms with Crippen LogP contribution >= 0.6 is 0 Å². The number of amides is 3. The van der Waals surface area contributed by atoms with Gasteiger partial charge in [0, 0.05) is 38.0 Å². The van der Waals surface area contributed by atoms with Crippen molar-refractivity contribution >= 4 is 23.5 Å². The standard InChI is InChI=1S/C33H45N3O11/c1-21(37)5-3-8-27(38)34-13-14-36-32(43)25-7-4-6-24(19-25)23-9-11-26(12-10-23)46-20-28(39)35-15-16-44-17-18-45-33-31(42)30(41)29(40)22(2)47-33/h4,6-7,9-12,19,22,29-31,33,40-42H,3,5,8,13-18,20H2,1-2H3,(H,34,38)(H,35,39)(H,36,43)/t22-,29-,30+,31+,33+/m0/s1. The number of carbonyl (C=O) groups excluding carboxylic acids is 4. The van der Waals surface area contributed by atoms with Gasteiger partial charge in [0.1, 0.15) is 29.8 Å². The third-order valence-electron chi connectivity index (χ3n) is 7.23. The molecular formula is C33H45N3O11. The van der Waals surface area contributed by atoms with Crippen LogP contribution in [0.2, 0.25) is 0 Å². The highest BCUT2D eigenvalue weighted by Crippen LogP contribution is 2.24. The molecule has 3 rings (SSSR count). The number of aliphatic hydroxyl groups excluding tert-OH is 3. The Hall–Kier alpha value is -3.92. The summed E-state index contributed by atoms with van der Waals surface area (Å²) >= 11 is 0. The quantitative estimate of drug-likeness (QED) is 0.113. The van der Waals surface area contributed by atoms with Crippen LogP contribution < -0.4 is 20.7 Å². The van der Waals surface area contributed by atoms with Crippen LogP contribution in [0, 0.1) is 0 Å². The zero-order valence-electron chi connectivity index (χ0n) is 26.7. The summed E-state index contributed by atoms with van der Waals surface area (Å²) in [4.78, 5) is 47.5. The third-order valence-corrected chi connectivity index (χ3v) is 7.23. The highest BCUT2D eigenvalue weighted by Gasteiger charge is 2.42. The Morgan fingerprint density at radius 2 is 1.51 bits per heavy atom. The maximum atomic E-state index is 12.6. The van der Waals surface area contributed by atoms with Gasteiger partial charge in [0.05, 0.1) is 25.9 Å². The Morgan fingerprint density at radius 1 is 0.787 bits per heavy atom. The predicted molar refractivity (Wildman–Crippen MR) is 169 cm³/mol. The molecule has 1 aliphatic rings. The van der Waals surface area contributed by atoms with Gasteiger partial charge in [0.15, 0.2) is 12.9 Å². The number of hydrogen-bond acceptors (Lipinski definition) is 11. The number of hydrogen-bond donors (Lipinski definition) is 6. The van der Waals surface area contributed by atoms with Crippen molar-refractivity contribution in [2.45, 2.75) is 63.8 Å².